The zero-order valence-corrected chi connectivity index (χ0v) is 15.8. The van der Waals surface area contributed by atoms with E-state index in [4.69, 9.17) is 0 Å². The molecule has 0 heterocycles. The summed E-state index contributed by atoms with van der Waals surface area (Å²) in [6.45, 7) is 12.3. The summed E-state index contributed by atoms with van der Waals surface area (Å²) in [5.41, 5.74) is 9.77. The number of aryl methyl sites for hydroxylation is 1. The molecule has 0 amide bonds. The number of hydrogen-bond acceptors (Lipinski definition) is 0. The molecule has 0 spiro atoms. The van der Waals surface area contributed by atoms with E-state index in [0.717, 1.165) is 24.0 Å². The maximum absolute atomic E-state index is 4.23. The maximum Gasteiger partial charge on any atom is -0.0178 e. The Morgan fingerprint density at radius 1 is 0.923 bits per heavy atom. The Morgan fingerprint density at radius 2 is 1.65 bits per heavy atom. The summed E-state index contributed by atoms with van der Waals surface area (Å²) in [6.07, 6.45) is 10.8. The van der Waals surface area contributed by atoms with Crippen LogP contribution in [0, 0.1) is 6.92 Å². The number of benzene rings is 2. The first-order valence-corrected chi connectivity index (χ1v) is 9.14. The summed E-state index contributed by atoms with van der Waals surface area (Å²) in [5.74, 6) is 0. The van der Waals surface area contributed by atoms with Crippen LogP contribution in [-0.4, -0.2) is 0 Å². The smallest absolute Gasteiger partial charge is 0.0178 e. The molecule has 0 heteroatoms. The highest BCUT2D eigenvalue weighted by molar-refractivity contribution is 5.80. The highest BCUT2D eigenvalue weighted by Crippen LogP contribution is 2.31. The first kappa shape index (κ1) is 17.9. The Balaban J connectivity index is 1.88. The second-order valence-electron chi connectivity index (χ2n) is 7.02. The summed E-state index contributed by atoms with van der Waals surface area (Å²) >= 11 is 0. The molecule has 0 atom stereocenters. The van der Waals surface area contributed by atoms with Gasteiger partial charge in [0.05, 0.1) is 0 Å². The fraction of sp³-hybridized carbons (Fsp3) is 0.154. The van der Waals surface area contributed by atoms with E-state index >= 15 is 0 Å². The molecule has 0 radical (unpaired) electrons. The second-order valence-corrected chi connectivity index (χ2v) is 7.02. The Bertz CT molecular complexity index is 915. The molecule has 0 saturated carbocycles. The van der Waals surface area contributed by atoms with Gasteiger partial charge in [0, 0.05) is 0 Å². The third kappa shape index (κ3) is 4.40. The fourth-order valence-electron chi connectivity index (χ4n) is 3.13. The van der Waals surface area contributed by atoms with Crippen LogP contribution in [0.25, 0.3) is 16.7 Å². The molecule has 0 saturated heterocycles. The van der Waals surface area contributed by atoms with E-state index in [-0.39, 0.29) is 0 Å². The van der Waals surface area contributed by atoms with Gasteiger partial charge in [0.15, 0.2) is 0 Å². The highest BCUT2D eigenvalue weighted by Gasteiger charge is 2.10. The zero-order valence-electron chi connectivity index (χ0n) is 15.8. The van der Waals surface area contributed by atoms with Gasteiger partial charge in [-0.2, -0.15) is 0 Å². The summed E-state index contributed by atoms with van der Waals surface area (Å²) in [6, 6.07) is 17.5. The van der Waals surface area contributed by atoms with Crippen molar-refractivity contribution in [2.24, 2.45) is 0 Å². The largest absolute Gasteiger partial charge is 0.0961 e. The van der Waals surface area contributed by atoms with Gasteiger partial charge >= 0.3 is 0 Å². The van der Waals surface area contributed by atoms with Crippen LogP contribution >= 0.6 is 0 Å². The van der Waals surface area contributed by atoms with Crippen molar-refractivity contribution in [2.75, 3.05) is 0 Å². The van der Waals surface area contributed by atoms with E-state index < -0.39 is 0 Å². The minimum Gasteiger partial charge on any atom is -0.0961 e. The molecule has 130 valence electrons. The van der Waals surface area contributed by atoms with Crippen LogP contribution in [0.3, 0.4) is 0 Å². The molecule has 26 heavy (non-hydrogen) atoms. The third-order valence-electron chi connectivity index (χ3n) is 4.67. The molecular formula is C26H26. The summed E-state index contributed by atoms with van der Waals surface area (Å²) in [5, 5.41) is 0. The summed E-state index contributed by atoms with van der Waals surface area (Å²) in [7, 11) is 0. The van der Waals surface area contributed by atoms with Crippen LogP contribution in [0.4, 0.5) is 0 Å². The molecule has 0 aromatic heterocycles. The normalized spacial score (nSPS) is 14.1. The van der Waals surface area contributed by atoms with Crippen LogP contribution in [-0.2, 0) is 0 Å². The molecule has 3 rings (SSSR count). The lowest BCUT2D eigenvalue weighted by Gasteiger charge is -2.15. The Hall–Kier alpha value is -2.86. The molecular weight excluding hydrogens is 312 g/mol. The molecule has 0 aliphatic heterocycles. The van der Waals surface area contributed by atoms with E-state index in [1.807, 2.05) is 13.0 Å². The van der Waals surface area contributed by atoms with Crippen molar-refractivity contribution >= 4 is 5.57 Å². The van der Waals surface area contributed by atoms with Crippen molar-refractivity contribution in [1.29, 1.82) is 0 Å². The molecule has 0 fully saturated rings. The lowest BCUT2D eigenvalue weighted by Crippen LogP contribution is -1.95. The highest BCUT2D eigenvalue weighted by atomic mass is 14.1. The predicted molar refractivity (Wildman–Crippen MR) is 115 cm³/mol. The van der Waals surface area contributed by atoms with Crippen LogP contribution in [0.5, 0.6) is 0 Å². The molecule has 0 nitrogen and oxygen atoms in total. The van der Waals surface area contributed by atoms with E-state index in [1.54, 1.807) is 0 Å². The lowest BCUT2D eigenvalue weighted by atomic mass is 9.89. The van der Waals surface area contributed by atoms with Gasteiger partial charge in [0.25, 0.3) is 0 Å². The molecule has 1 aliphatic carbocycles. The van der Waals surface area contributed by atoms with Gasteiger partial charge in [-0.3, -0.25) is 0 Å². The van der Waals surface area contributed by atoms with Crippen molar-refractivity contribution in [1.82, 2.24) is 0 Å². The van der Waals surface area contributed by atoms with Gasteiger partial charge in [-0.15, -0.1) is 0 Å². The zero-order chi connectivity index (χ0) is 18.5. The number of rotatable bonds is 5. The van der Waals surface area contributed by atoms with E-state index in [1.165, 1.54) is 33.4 Å². The molecule has 0 bridgehead atoms. The van der Waals surface area contributed by atoms with E-state index in [2.05, 4.69) is 86.8 Å². The molecule has 2 aromatic rings. The van der Waals surface area contributed by atoms with Crippen LogP contribution in [0.2, 0.25) is 0 Å². The average Bonchev–Trinajstić information content (AvgIpc) is 2.67. The van der Waals surface area contributed by atoms with Crippen molar-refractivity contribution in [3.63, 3.8) is 0 Å². The van der Waals surface area contributed by atoms with Crippen LogP contribution < -0.4 is 0 Å². The van der Waals surface area contributed by atoms with E-state index in [0.29, 0.717) is 0 Å². The van der Waals surface area contributed by atoms with Gasteiger partial charge < -0.3 is 0 Å². The molecule has 0 unspecified atom stereocenters. The number of allylic oxidation sites excluding steroid dienone is 8. The van der Waals surface area contributed by atoms with Gasteiger partial charge in [-0.25, -0.2) is 0 Å². The second kappa shape index (κ2) is 8.01. The van der Waals surface area contributed by atoms with Crippen molar-refractivity contribution in [3.05, 3.63) is 114 Å². The Morgan fingerprint density at radius 3 is 2.38 bits per heavy atom. The minimum atomic E-state index is 1.04. The molecule has 0 N–H and O–H groups in total. The Labute approximate surface area is 157 Å². The summed E-state index contributed by atoms with van der Waals surface area (Å²) in [4.78, 5) is 0. The van der Waals surface area contributed by atoms with E-state index in [9.17, 15) is 0 Å². The van der Waals surface area contributed by atoms with Gasteiger partial charge in [0.1, 0.15) is 0 Å². The standard InChI is InChI=1S/C26H26/c1-19(2)11-14-21(4)23-7-5-9-25(17-23)26-10-6-8-24(18-26)22-15-12-20(3)13-16-22/h6,8-18H,1,4-5,7H2,2-3H3/b14-11-. The quantitative estimate of drug-likeness (QED) is 0.496. The molecule has 1 aliphatic rings. The van der Waals surface area contributed by atoms with Gasteiger partial charge in [0.2, 0.25) is 0 Å². The van der Waals surface area contributed by atoms with Gasteiger partial charge in [-0.1, -0.05) is 91.1 Å². The lowest BCUT2D eigenvalue weighted by molar-refractivity contribution is 0.983. The van der Waals surface area contributed by atoms with Crippen molar-refractivity contribution in [2.45, 2.75) is 26.7 Å². The van der Waals surface area contributed by atoms with Crippen molar-refractivity contribution in [3.8, 4) is 11.1 Å². The van der Waals surface area contributed by atoms with Crippen LogP contribution in [0.1, 0.15) is 30.9 Å². The average molecular weight is 338 g/mol. The molecule has 2 aromatic carbocycles. The van der Waals surface area contributed by atoms with Gasteiger partial charge in [-0.05, 0) is 66.2 Å². The Kier molecular flexibility index (Phi) is 5.53. The predicted octanol–water partition coefficient (Wildman–Crippen LogP) is 7.45. The first-order valence-electron chi connectivity index (χ1n) is 9.14. The monoisotopic (exact) mass is 338 g/mol. The SMILES string of the molecule is C=C(C)/C=C\C(=C)C1=CC(c2cccc(-c3ccc(C)cc3)c2)=CCC1. The van der Waals surface area contributed by atoms with Crippen LogP contribution in [0.15, 0.2) is 103 Å². The topological polar surface area (TPSA) is 0 Å². The third-order valence-corrected chi connectivity index (χ3v) is 4.67. The fourth-order valence-corrected chi connectivity index (χ4v) is 3.13. The maximum atomic E-state index is 4.23. The van der Waals surface area contributed by atoms with Crippen molar-refractivity contribution < 1.29 is 0 Å². The summed E-state index contributed by atoms with van der Waals surface area (Å²) < 4.78 is 0. The first-order chi connectivity index (χ1) is 12.5. The number of hydrogen-bond donors (Lipinski definition) is 0. The minimum absolute atomic E-state index is 1.04.